The lowest BCUT2D eigenvalue weighted by Gasteiger charge is -2.19. The highest BCUT2D eigenvalue weighted by Crippen LogP contribution is 2.57. The number of nitrogens with two attached hydrogens (primary N) is 1. The molecule has 0 radical (unpaired) electrons. The van der Waals surface area contributed by atoms with Crippen LogP contribution in [0.5, 0.6) is 0 Å². The number of hydrogen-bond acceptors (Lipinski definition) is 1. The molecule has 2 atom stereocenters. The van der Waals surface area contributed by atoms with Crippen molar-refractivity contribution in [2.24, 2.45) is 11.7 Å². The van der Waals surface area contributed by atoms with Gasteiger partial charge >= 0.3 is 0 Å². The lowest BCUT2D eigenvalue weighted by atomic mass is 9.92. The van der Waals surface area contributed by atoms with Gasteiger partial charge in [0.15, 0.2) is 0 Å². The van der Waals surface area contributed by atoms with E-state index < -0.39 is 0 Å². The van der Waals surface area contributed by atoms with E-state index in [0.717, 1.165) is 10.9 Å². The standard InChI is InChI=1S/C14H18ClN/c15-12-7-5-10(6-8-12)13-9-14(13,16)11-3-1-2-4-11/h5-8,11,13H,1-4,9,16H2. The van der Waals surface area contributed by atoms with Crippen LogP contribution in [-0.2, 0) is 0 Å². The van der Waals surface area contributed by atoms with Crippen LogP contribution in [0.1, 0.15) is 43.6 Å². The van der Waals surface area contributed by atoms with Gasteiger partial charge in [0, 0.05) is 16.5 Å². The number of rotatable bonds is 2. The third kappa shape index (κ3) is 1.66. The fraction of sp³-hybridized carbons (Fsp3) is 0.571. The molecule has 1 nitrogen and oxygen atoms in total. The molecular formula is C14H18ClN. The predicted octanol–water partition coefficient (Wildman–Crippen LogP) is 3.72. The minimum absolute atomic E-state index is 0.102. The second-order valence-corrected chi connectivity index (χ2v) is 5.84. The maximum Gasteiger partial charge on any atom is 0.0406 e. The zero-order valence-corrected chi connectivity index (χ0v) is 10.2. The summed E-state index contributed by atoms with van der Waals surface area (Å²) in [4.78, 5) is 0. The lowest BCUT2D eigenvalue weighted by Crippen LogP contribution is -2.32. The van der Waals surface area contributed by atoms with E-state index in [0.29, 0.717) is 5.92 Å². The van der Waals surface area contributed by atoms with E-state index in [1.165, 1.54) is 37.7 Å². The minimum Gasteiger partial charge on any atom is -0.324 e. The maximum atomic E-state index is 6.53. The quantitative estimate of drug-likeness (QED) is 0.831. The molecule has 0 aromatic heterocycles. The maximum absolute atomic E-state index is 6.53. The molecule has 0 saturated heterocycles. The van der Waals surface area contributed by atoms with E-state index >= 15 is 0 Å². The van der Waals surface area contributed by atoms with Crippen LogP contribution in [0.25, 0.3) is 0 Å². The summed E-state index contributed by atoms with van der Waals surface area (Å²) >= 11 is 5.90. The summed E-state index contributed by atoms with van der Waals surface area (Å²) in [5.41, 5.74) is 8.01. The van der Waals surface area contributed by atoms with Gasteiger partial charge in [-0.05, 0) is 42.9 Å². The topological polar surface area (TPSA) is 26.0 Å². The third-order valence-electron chi connectivity index (χ3n) is 4.43. The highest BCUT2D eigenvalue weighted by Gasteiger charge is 2.56. The number of benzene rings is 1. The zero-order valence-electron chi connectivity index (χ0n) is 9.45. The van der Waals surface area contributed by atoms with E-state index in [4.69, 9.17) is 17.3 Å². The van der Waals surface area contributed by atoms with Crippen molar-refractivity contribution >= 4 is 11.6 Å². The Bertz CT molecular complexity index is 380. The Kier molecular flexibility index (Phi) is 2.49. The molecule has 0 amide bonds. The predicted molar refractivity (Wildman–Crippen MR) is 67.7 cm³/mol. The second kappa shape index (κ2) is 3.75. The van der Waals surface area contributed by atoms with Crippen LogP contribution >= 0.6 is 11.6 Å². The molecule has 2 unspecified atom stereocenters. The Hall–Kier alpha value is -0.530. The Balaban J connectivity index is 1.76. The summed E-state index contributed by atoms with van der Waals surface area (Å²) in [6.45, 7) is 0. The molecule has 0 heterocycles. The van der Waals surface area contributed by atoms with Crippen molar-refractivity contribution in [3.05, 3.63) is 34.9 Å². The molecule has 2 heteroatoms. The van der Waals surface area contributed by atoms with Crippen molar-refractivity contribution in [1.29, 1.82) is 0 Å². The van der Waals surface area contributed by atoms with Crippen LogP contribution in [0.3, 0.4) is 0 Å². The lowest BCUT2D eigenvalue weighted by molar-refractivity contribution is 0.404. The van der Waals surface area contributed by atoms with Gasteiger partial charge in [-0.25, -0.2) is 0 Å². The molecule has 86 valence electrons. The van der Waals surface area contributed by atoms with Crippen LogP contribution in [0.2, 0.25) is 5.02 Å². The highest BCUT2D eigenvalue weighted by molar-refractivity contribution is 6.30. The summed E-state index contributed by atoms with van der Waals surface area (Å²) in [6.07, 6.45) is 6.58. The minimum atomic E-state index is 0.102. The molecule has 2 fully saturated rings. The average Bonchev–Trinajstić information content (AvgIpc) is 2.77. The number of halogens is 1. The van der Waals surface area contributed by atoms with Crippen LogP contribution < -0.4 is 5.73 Å². The van der Waals surface area contributed by atoms with E-state index in [9.17, 15) is 0 Å². The summed E-state index contributed by atoms with van der Waals surface area (Å²) < 4.78 is 0. The average molecular weight is 236 g/mol. The van der Waals surface area contributed by atoms with Gasteiger partial charge in [-0.1, -0.05) is 36.6 Å². The van der Waals surface area contributed by atoms with Gasteiger partial charge in [0.05, 0.1) is 0 Å². The van der Waals surface area contributed by atoms with E-state index in [-0.39, 0.29) is 5.54 Å². The summed E-state index contributed by atoms with van der Waals surface area (Å²) in [5.74, 6) is 1.33. The summed E-state index contributed by atoms with van der Waals surface area (Å²) in [7, 11) is 0. The Morgan fingerprint density at radius 3 is 2.38 bits per heavy atom. The van der Waals surface area contributed by atoms with Crippen molar-refractivity contribution < 1.29 is 0 Å². The first-order valence-corrected chi connectivity index (χ1v) is 6.62. The Morgan fingerprint density at radius 2 is 1.75 bits per heavy atom. The van der Waals surface area contributed by atoms with Gasteiger partial charge in [0.1, 0.15) is 0 Å². The van der Waals surface area contributed by atoms with Gasteiger partial charge in [0.25, 0.3) is 0 Å². The van der Waals surface area contributed by atoms with Crippen molar-refractivity contribution in [3.63, 3.8) is 0 Å². The first kappa shape index (κ1) is 10.6. The fourth-order valence-corrected chi connectivity index (χ4v) is 3.46. The fourth-order valence-electron chi connectivity index (χ4n) is 3.33. The normalized spacial score (nSPS) is 34.2. The summed E-state index contributed by atoms with van der Waals surface area (Å²) in [6, 6.07) is 8.22. The van der Waals surface area contributed by atoms with E-state index in [2.05, 4.69) is 12.1 Å². The van der Waals surface area contributed by atoms with Gasteiger partial charge in [-0.15, -0.1) is 0 Å². The Labute approximate surface area is 102 Å². The molecule has 0 bridgehead atoms. The van der Waals surface area contributed by atoms with Gasteiger partial charge in [0.2, 0.25) is 0 Å². The molecule has 1 aromatic carbocycles. The second-order valence-electron chi connectivity index (χ2n) is 5.40. The molecular weight excluding hydrogens is 218 g/mol. The monoisotopic (exact) mass is 235 g/mol. The largest absolute Gasteiger partial charge is 0.324 e. The Morgan fingerprint density at radius 1 is 1.12 bits per heavy atom. The molecule has 2 aliphatic carbocycles. The van der Waals surface area contributed by atoms with Gasteiger partial charge < -0.3 is 5.73 Å². The first-order chi connectivity index (χ1) is 7.70. The third-order valence-corrected chi connectivity index (χ3v) is 4.69. The van der Waals surface area contributed by atoms with Gasteiger partial charge in [-0.2, -0.15) is 0 Å². The SMILES string of the molecule is NC1(C2CCCC2)CC1c1ccc(Cl)cc1. The molecule has 16 heavy (non-hydrogen) atoms. The smallest absolute Gasteiger partial charge is 0.0406 e. The molecule has 0 spiro atoms. The van der Waals surface area contributed by atoms with Crippen LogP contribution in [0, 0.1) is 5.92 Å². The molecule has 3 rings (SSSR count). The van der Waals surface area contributed by atoms with E-state index in [1.807, 2.05) is 12.1 Å². The van der Waals surface area contributed by atoms with Crippen LogP contribution in [0.4, 0.5) is 0 Å². The van der Waals surface area contributed by atoms with Crippen LogP contribution in [-0.4, -0.2) is 5.54 Å². The van der Waals surface area contributed by atoms with Crippen molar-refractivity contribution in [2.75, 3.05) is 0 Å². The zero-order chi connectivity index (χ0) is 11.2. The molecule has 1 aromatic rings. The van der Waals surface area contributed by atoms with Crippen molar-refractivity contribution in [1.82, 2.24) is 0 Å². The highest BCUT2D eigenvalue weighted by atomic mass is 35.5. The molecule has 2 aliphatic rings. The molecule has 2 N–H and O–H groups in total. The van der Waals surface area contributed by atoms with Crippen molar-refractivity contribution in [2.45, 2.75) is 43.6 Å². The van der Waals surface area contributed by atoms with E-state index in [1.54, 1.807) is 0 Å². The molecule has 2 saturated carbocycles. The summed E-state index contributed by atoms with van der Waals surface area (Å²) in [5, 5.41) is 0.813. The number of hydrogen-bond donors (Lipinski definition) is 1. The van der Waals surface area contributed by atoms with Crippen LogP contribution in [0.15, 0.2) is 24.3 Å². The first-order valence-electron chi connectivity index (χ1n) is 6.24. The van der Waals surface area contributed by atoms with Crippen molar-refractivity contribution in [3.8, 4) is 0 Å². The molecule has 0 aliphatic heterocycles. The van der Waals surface area contributed by atoms with Gasteiger partial charge in [-0.3, -0.25) is 0 Å².